The molecule has 4 rings (SSSR count). The van der Waals surface area contributed by atoms with Crippen molar-refractivity contribution in [3.63, 3.8) is 0 Å². The number of oxazole rings is 1. The van der Waals surface area contributed by atoms with Crippen LogP contribution in [0.3, 0.4) is 0 Å². The first-order valence-electron chi connectivity index (χ1n) is 10.2. The van der Waals surface area contributed by atoms with Gasteiger partial charge in [0, 0.05) is 28.8 Å². The molecule has 0 amide bonds. The van der Waals surface area contributed by atoms with Gasteiger partial charge in [-0.1, -0.05) is 24.3 Å². The van der Waals surface area contributed by atoms with Crippen LogP contribution in [0.2, 0.25) is 0 Å². The van der Waals surface area contributed by atoms with E-state index in [9.17, 15) is 8.76 Å². The van der Waals surface area contributed by atoms with Crippen LogP contribution < -0.4 is 14.8 Å². The highest BCUT2D eigenvalue weighted by Crippen LogP contribution is 2.26. The molecule has 0 bridgehead atoms. The number of hydrogen-bond acceptors (Lipinski definition) is 8. The Hall–Kier alpha value is -3.21. The third-order valence-electron chi connectivity index (χ3n) is 4.95. The van der Waals surface area contributed by atoms with Crippen molar-refractivity contribution in [3.05, 3.63) is 87.7 Å². The second kappa shape index (κ2) is 10.6. The third kappa shape index (κ3) is 6.41. The molecule has 0 spiro atoms. The number of aryl methyl sites for hydroxylation is 1. The fourth-order valence-electron chi connectivity index (χ4n) is 3.40. The van der Waals surface area contributed by atoms with Crippen molar-refractivity contribution in [2.45, 2.75) is 25.8 Å². The lowest BCUT2D eigenvalue weighted by Crippen LogP contribution is -2.14. The van der Waals surface area contributed by atoms with Gasteiger partial charge in [0.25, 0.3) is 6.01 Å². The highest BCUT2D eigenvalue weighted by Gasteiger charge is 2.18. The minimum absolute atomic E-state index is 0.161. The van der Waals surface area contributed by atoms with Crippen molar-refractivity contribution in [1.29, 1.82) is 0 Å². The summed E-state index contributed by atoms with van der Waals surface area (Å²) in [6.45, 7) is 1.96. The molecule has 0 aliphatic rings. The van der Waals surface area contributed by atoms with Crippen LogP contribution in [-0.4, -0.2) is 25.8 Å². The first-order chi connectivity index (χ1) is 16.0. The fraction of sp³-hybridized carbons (Fsp3) is 0.217. The Kier molecular flexibility index (Phi) is 7.38. The predicted octanol–water partition coefficient (Wildman–Crippen LogP) is 4.64. The lowest BCUT2D eigenvalue weighted by Gasteiger charge is -2.16. The van der Waals surface area contributed by atoms with Gasteiger partial charge in [-0.3, -0.25) is 4.21 Å². The van der Waals surface area contributed by atoms with Crippen LogP contribution in [0.1, 0.15) is 33.6 Å². The van der Waals surface area contributed by atoms with E-state index in [1.165, 1.54) is 0 Å². The van der Waals surface area contributed by atoms with Crippen LogP contribution in [0.4, 0.5) is 11.7 Å². The number of anilines is 2. The van der Waals surface area contributed by atoms with Crippen molar-refractivity contribution in [1.82, 2.24) is 9.97 Å². The summed E-state index contributed by atoms with van der Waals surface area (Å²) in [6.07, 6.45) is 2.94. The summed E-state index contributed by atoms with van der Waals surface area (Å²) in [5.41, 5.74) is 3.49. The number of hydrogen-bond donors (Lipinski definition) is 2. The van der Waals surface area contributed by atoms with E-state index in [0.29, 0.717) is 24.5 Å². The zero-order valence-electron chi connectivity index (χ0n) is 18.1. The van der Waals surface area contributed by atoms with Gasteiger partial charge in [0.15, 0.2) is 0 Å². The molecule has 0 saturated heterocycles. The molecule has 0 radical (unpaired) electrons. The maximum atomic E-state index is 10.8. The summed E-state index contributed by atoms with van der Waals surface area (Å²) in [5, 5.41) is 6.35. The Morgan fingerprint density at radius 3 is 2.73 bits per heavy atom. The van der Waals surface area contributed by atoms with Gasteiger partial charge in [0.05, 0.1) is 30.1 Å². The van der Waals surface area contributed by atoms with E-state index in [-0.39, 0.29) is 6.04 Å². The van der Waals surface area contributed by atoms with E-state index < -0.39 is 11.3 Å². The quantitative estimate of drug-likeness (QED) is 0.316. The predicted molar refractivity (Wildman–Crippen MR) is 128 cm³/mol. The molecular formula is C23H23N4O4S2-. The summed E-state index contributed by atoms with van der Waals surface area (Å²) < 4.78 is 35.2. The molecule has 2 atom stereocenters. The molecule has 0 aliphatic heterocycles. The highest BCUT2D eigenvalue weighted by molar-refractivity contribution is 7.80. The molecule has 0 aliphatic carbocycles. The molecule has 10 heteroatoms. The average molecular weight is 484 g/mol. The maximum absolute atomic E-state index is 10.8. The minimum Gasteiger partial charge on any atom is -0.755 e. The minimum atomic E-state index is -2.35. The SMILES string of the molecule is COc1cccc(Cc2cnc(N[C@@H](Cc3ccc(NS(=O)[O-])cc3)c3csc(C)n3)o2)c1. The van der Waals surface area contributed by atoms with E-state index in [2.05, 4.69) is 20.0 Å². The smallest absolute Gasteiger partial charge is 0.295 e. The summed E-state index contributed by atoms with van der Waals surface area (Å²) in [5.74, 6) is 1.53. The Morgan fingerprint density at radius 1 is 1.21 bits per heavy atom. The molecule has 2 N–H and O–H groups in total. The number of nitrogens with one attached hydrogen (secondary N) is 2. The van der Waals surface area contributed by atoms with E-state index >= 15 is 0 Å². The molecule has 1 unspecified atom stereocenters. The molecule has 2 aromatic carbocycles. The largest absolute Gasteiger partial charge is 0.755 e. The molecule has 172 valence electrons. The first-order valence-corrected chi connectivity index (χ1v) is 12.1. The fourth-order valence-corrected chi connectivity index (χ4v) is 4.39. The van der Waals surface area contributed by atoms with Gasteiger partial charge in [-0.15, -0.1) is 11.3 Å². The van der Waals surface area contributed by atoms with Gasteiger partial charge in [0.1, 0.15) is 11.5 Å². The van der Waals surface area contributed by atoms with E-state index in [1.54, 1.807) is 36.8 Å². The van der Waals surface area contributed by atoms with Crippen molar-refractivity contribution in [2.24, 2.45) is 0 Å². The molecule has 0 saturated carbocycles. The molecule has 33 heavy (non-hydrogen) atoms. The topological polar surface area (TPSA) is 112 Å². The number of nitrogens with zero attached hydrogens (tertiary/aromatic N) is 2. The Balaban J connectivity index is 1.48. The van der Waals surface area contributed by atoms with Crippen molar-refractivity contribution in [2.75, 3.05) is 17.1 Å². The lowest BCUT2D eigenvalue weighted by molar-refractivity contribution is 0.414. The lowest BCUT2D eigenvalue weighted by atomic mass is 10.0. The van der Waals surface area contributed by atoms with Crippen molar-refractivity contribution >= 4 is 34.3 Å². The summed E-state index contributed by atoms with van der Waals surface area (Å²) in [7, 11) is 1.64. The van der Waals surface area contributed by atoms with Crippen molar-refractivity contribution < 1.29 is 17.9 Å². The highest BCUT2D eigenvalue weighted by atomic mass is 32.2. The molecular weight excluding hydrogens is 460 g/mol. The summed E-state index contributed by atoms with van der Waals surface area (Å²) in [4.78, 5) is 9.04. The number of benzene rings is 2. The van der Waals surface area contributed by atoms with E-state index in [1.807, 2.05) is 48.7 Å². The van der Waals surface area contributed by atoms with Crippen LogP contribution in [0.25, 0.3) is 0 Å². The van der Waals surface area contributed by atoms with E-state index in [4.69, 9.17) is 9.15 Å². The monoisotopic (exact) mass is 483 g/mol. The van der Waals surface area contributed by atoms with Crippen LogP contribution in [-0.2, 0) is 24.1 Å². The van der Waals surface area contributed by atoms with Crippen molar-refractivity contribution in [3.8, 4) is 5.75 Å². The second-order valence-electron chi connectivity index (χ2n) is 7.39. The normalized spacial score (nSPS) is 12.8. The van der Waals surface area contributed by atoms with Gasteiger partial charge >= 0.3 is 0 Å². The van der Waals surface area contributed by atoms with Crippen LogP contribution >= 0.6 is 11.3 Å². The number of methoxy groups -OCH3 is 1. The standard InChI is InChI=1S/C23H24N4O4S2/c1-15-25-22(14-32-15)21(12-16-6-8-18(9-7-16)27-33(28)29)26-23-24-13-20(31-23)11-17-4-3-5-19(10-17)30-2/h3-10,13-14,21,27H,11-12H2,1-2H3,(H,24,26)(H,28,29)/p-1/t21-/m0/s1. The second-order valence-corrected chi connectivity index (χ2v) is 9.12. The van der Waals surface area contributed by atoms with Crippen LogP contribution in [0.15, 0.2) is 64.5 Å². The number of thiazole rings is 1. The Morgan fingerprint density at radius 2 is 2.03 bits per heavy atom. The van der Waals surface area contributed by atoms with Crippen LogP contribution in [0, 0.1) is 6.92 Å². The Labute approximate surface area is 198 Å². The molecule has 4 aromatic rings. The maximum Gasteiger partial charge on any atom is 0.295 e. The Bertz CT molecular complexity index is 1220. The molecule has 2 heterocycles. The van der Waals surface area contributed by atoms with Gasteiger partial charge in [-0.05, 0) is 48.7 Å². The van der Waals surface area contributed by atoms with Gasteiger partial charge in [-0.25, -0.2) is 9.97 Å². The third-order valence-corrected chi connectivity index (χ3v) is 6.15. The zero-order valence-corrected chi connectivity index (χ0v) is 19.7. The molecule has 8 nitrogen and oxygen atoms in total. The number of ether oxygens (including phenoxy) is 1. The molecule has 0 fully saturated rings. The molecule has 2 aromatic heterocycles. The average Bonchev–Trinajstić information content (AvgIpc) is 3.43. The summed E-state index contributed by atoms with van der Waals surface area (Å²) >= 11 is -0.770. The zero-order chi connectivity index (χ0) is 23.2. The van der Waals surface area contributed by atoms with Gasteiger partial charge in [-0.2, -0.15) is 0 Å². The van der Waals surface area contributed by atoms with Gasteiger partial charge < -0.3 is 23.7 Å². The first kappa shape index (κ1) is 23.0. The summed E-state index contributed by atoms with van der Waals surface area (Å²) in [6, 6.07) is 15.3. The van der Waals surface area contributed by atoms with Gasteiger partial charge in [0.2, 0.25) is 0 Å². The van der Waals surface area contributed by atoms with E-state index in [0.717, 1.165) is 33.3 Å². The van der Waals surface area contributed by atoms with Crippen LogP contribution in [0.5, 0.6) is 5.75 Å². The number of aromatic nitrogens is 2. The number of rotatable bonds is 10.